The first-order valence-corrected chi connectivity index (χ1v) is 30.6. The Morgan fingerprint density at radius 1 is 0.262 bits per heavy atom. The Hall–Kier alpha value is -9.84. The number of thiophene rings is 2. The van der Waals surface area contributed by atoms with Crippen molar-refractivity contribution in [3.05, 3.63) is 289 Å². The standard InChI is InChI=1S/C80H56N2S2/c1-49-39-41-57(63-33-21-35-65-59-31-17-19-37-73(59)83-79(63)65)51(3)77(49)81(55-27-13-7-14-28-55)71-47-69(53-23-9-5-10-24-53)61-44-46-68-72(48-70(54-25-11-6-12-26-54)62-43-45-67(71)75(61)76(62)68)82(56-29-15-8-16-30-56)78-50(2)40-42-58(52(78)4)64-34-22-36-66-60-32-18-20-38-74(60)84-80(64)66/h5-48H,1-4H3. The molecule has 14 aromatic carbocycles. The second-order valence-electron chi connectivity index (χ2n) is 22.4. The van der Waals surface area contributed by atoms with E-state index >= 15 is 0 Å². The van der Waals surface area contributed by atoms with E-state index in [0.29, 0.717) is 0 Å². The lowest BCUT2D eigenvalue weighted by Gasteiger charge is -2.33. The summed E-state index contributed by atoms with van der Waals surface area (Å²) in [6.45, 7) is 9.25. The highest BCUT2D eigenvalue weighted by atomic mass is 32.1. The average Bonchev–Trinajstić information content (AvgIpc) is 1.17. The second kappa shape index (κ2) is 20.0. The van der Waals surface area contributed by atoms with E-state index in [4.69, 9.17) is 0 Å². The van der Waals surface area contributed by atoms with Crippen LogP contribution in [0.5, 0.6) is 0 Å². The van der Waals surface area contributed by atoms with E-state index in [1.54, 1.807) is 0 Å². The molecular weight excluding hydrogens is 1050 g/mol. The molecule has 0 amide bonds. The Kier molecular flexibility index (Phi) is 11.9. The summed E-state index contributed by atoms with van der Waals surface area (Å²) in [4.78, 5) is 5.14. The molecule has 0 aliphatic rings. The van der Waals surface area contributed by atoms with Crippen molar-refractivity contribution in [2.75, 3.05) is 9.80 Å². The van der Waals surface area contributed by atoms with Crippen LogP contribution in [0.1, 0.15) is 22.3 Å². The topological polar surface area (TPSA) is 6.48 Å². The lowest BCUT2D eigenvalue weighted by Crippen LogP contribution is -2.15. The molecule has 84 heavy (non-hydrogen) atoms. The van der Waals surface area contributed by atoms with Crippen LogP contribution in [-0.2, 0) is 0 Å². The van der Waals surface area contributed by atoms with Crippen molar-refractivity contribution < 1.29 is 0 Å². The van der Waals surface area contributed by atoms with Crippen molar-refractivity contribution in [3.8, 4) is 44.5 Å². The van der Waals surface area contributed by atoms with E-state index in [1.807, 2.05) is 22.7 Å². The Labute approximate surface area is 497 Å². The van der Waals surface area contributed by atoms with Crippen molar-refractivity contribution in [1.82, 2.24) is 0 Å². The Morgan fingerprint density at radius 3 is 1.04 bits per heavy atom. The lowest BCUT2D eigenvalue weighted by molar-refractivity contribution is 1.23. The summed E-state index contributed by atoms with van der Waals surface area (Å²) < 4.78 is 5.25. The number of nitrogens with zero attached hydrogens (tertiary/aromatic N) is 2. The van der Waals surface area contributed by atoms with Gasteiger partial charge in [0.15, 0.2) is 0 Å². The smallest absolute Gasteiger partial charge is 0.0547 e. The zero-order chi connectivity index (χ0) is 56.2. The summed E-state index contributed by atoms with van der Waals surface area (Å²) in [5.74, 6) is 0. The third-order valence-corrected chi connectivity index (χ3v) is 20.1. The van der Waals surface area contributed by atoms with Crippen molar-refractivity contribution in [3.63, 3.8) is 0 Å². The van der Waals surface area contributed by atoms with Crippen LogP contribution in [0.25, 0.3) is 117 Å². The van der Waals surface area contributed by atoms with Crippen LogP contribution in [0.3, 0.4) is 0 Å². The molecule has 0 radical (unpaired) electrons. The van der Waals surface area contributed by atoms with Crippen molar-refractivity contribution in [2.24, 2.45) is 0 Å². The summed E-state index contributed by atoms with van der Waals surface area (Å²) >= 11 is 3.79. The number of para-hydroxylation sites is 2. The van der Waals surface area contributed by atoms with Gasteiger partial charge in [-0.1, -0.05) is 218 Å². The van der Waals surface area contributed by atoms with Gasteiger partial charge in [-0.2, -0.15) is 0 Å². The fourth-order valence-electron chi connectivity index (χ4n) is 13.8. The zero-order valence-corrected chi connectivity index (χ0v) is 48.7. The van der Waals surface area contributed by atoms with Gasteiger partial charge in [-0.25, -0.2) is 0 Å². The molecule has 2 nitrogen and oxygen atoms in total. The van der Waals surface area contributed by atoms with Crippen LogP contribution in [0, 0.1) is 27.7 Å². The maximum absolute atomic E-state index is 2.57. The van der Waals surface area contributed by atoms with E-state index in [9.17, 15) is 0 Å². The Bertz CT molecular complexity index is 4900. The molecule has 0 fully saturated rings. The molecule has 398 valence electrons. The predicted octanol–water partition coefficient (Wildman–Crippen LogP) is 24.2. The molecule has 0 spiro atoms. The molecule has 0 N–H and O–H groups in total. The van der Waals surface area contributed by atoms with E-state index in [2.05, 4.69) is 304 Å². The van der Waals surface area contributed by atoms with Crippen molar-refractivity contribution >= 4 is 129 Å². The molecule has 0 saturated heterocycles. The first kappa shape index (κ1) is 49.9. The molecule has 16 rings (SSSR count). The minimum absolute atomic E-state index is 1.10. The van der Waals surface area contributed by atoms with Crippen LogP contribution in [0.4, 0.5) is 34.1 Å². The quantitative estimate of drug-likeness (QED) is 0.126. The van der Waals surface area contributed by atoms with Gasteiger partial charge in [0.2, 0.25) is 0 Å². The van der Waals surface area contributed by atoms with Gasteiger partial charge in [-0.15, -0.1) is 22.7 Å². The molecule has 2 heterocycles. The number of hydrogen-bond acceptors (Lipinski definition) is 4. The normalized spacial score (nSPS) is 11.8. The van der Waals surface area contributed by atoms with Crippen LogP contribution in [0.15, 0.2) is 267 Å². The summed E-state index contributed by atoms with van der Waals surface area (Å²) in [5.41, 5.74) is 21.5. The summed E-state index contributed by atoms with van der Waals surface area (Å²) in [6.07, 6.45) is 0. The zero-order valence-electron chi connectivity index (χ0n) is 47.1. The molecule has 0 aliphatic heterocycles. The first-order chi connectivity index (χ1) is 41.4. The largest absolute Gasteiger partial charge is 0.309 e. The van der Waals surface area contributed by atoms with Crippen LogP contribution >= 0.6 is 22.7 Å². The van der Waals surface area contributed by atoms with Crippen LogP contribution in [-0.4, -0.2) is 0 Å². The van der Waals surface area contributed by atoms with Crippen LogP contribution < -0.4 is 9.80 Å². The fraction of sp³-hybridized carbons (Fsp3) is 0.0500. The van der Waals surface area contributed by atoms with E-state index < -0.39 is 0 Å². The number of aryl methyl sites for hydroxylation is 2. The average molecular weight is 1110 g/mol. The summed E-state index contributed by atoms with van der Waals surface area (Å²) in [5, 5.41) is 12.5. The number of fused-ring (bicyclic) bond motifs is 6. The van der Waals surface area contributed by atoms with Crippen LogP contribution in [0.2, 0.25) is 0 Å². The van der Waals surface area contributed by atoms with Gasteiger partial charge in [0.25, 0.3) is 0 Å². The van der Waals surface area contributed by atoms with Crippen molar-refractivity contribution in [2.45, 2.75) is 27.7 Å². The van der Waals surface area contributed by atoms with Gasteiger partial charge in [0.05, 0.1) is 22.7 Å². The minimum atomic E-state index is 1.10. The number of hydrogen-bond donors (Lipinski definition) is 0. The SMILES string of the molecule is Cc1ccc(-c2cccc3c2sc2ccccc23)c(C)c1N(c1ccccc1)c1cc(-c2ccccc2)c2ccc3c(N(c4ccccc4)c4c(C)ccc(-c5cccc6c5sc5ccccc56)c4C)cc(-c4ccccc4)c4ccc1c2c43. The second-order valence-corrected chi connectivity index (χ2v) is 24.5. The lowest BCUT2D eigenvalue weighted by atomic mass is 9.84. The molecule has 16 aromatic rings. The molecule has 0 bridgehead atoms. The van der Waals surface area contributed by atoms with E-state index in [1.165, 1.54) is 151 Å². The number of benzene rings is 14. The van der Waals surface area contributed by atoms with Gasteiger partial charge < -0.3 is 9.80 Å². The number of anilines is 6. The fourth-order valence-corrected chi connectivity index (χ4v) is 16.3. The monoisotopic (exact) mass is 1110 g/mol. The first-order valence-electron chi connectivity index (χ1n) is 29.0. The molecule has 0 saturated carbocycles. The number of rotatable bonds is 10. The molecule has 0 aliphatic carbocycles. The maximum atomic E-state index is 2.57. The molecule has 4 heteroatoms. The van der Waals surface area contributed by atoms with Gasteiger partial charge >= 0.3 is 0 Å². The molecule has 0 unspecified atom stereocenters. The highest BCUT2D eigenvalue weighted by molar-refractivity contribution is 7.26. The Balaban J connectivity index is 1.00. The van der Waals surface area contributed by atoms with Gasteiger partial charge in [-0.3, -0.25) is 0 Å². The maximum Gasteiger partial charge on any atom is 0.0547 e. The summed E-state index contributed by atoms with van der Waals surface area (Å²) in [6, 6.07) is 99.6. The minimum Gasteiger partial charge on any atom is -0.309 e. The summed E-state index contributed by atoms with van der Waals surface area (Å²) in [7, 11) is 0. The molecule has 2 aromatic heterocycles. The van der Waals surface area contributed by atoms with Gasteiger partial charge in [-0.05, 0) is 154 Å². The third kappa shape index (κ3) is 7.82. The highest BCUT2D eigenvalue weighted by Gasteiger charge is 2.29. The highest BCUT2D eigenvalue weighted by Crippen LogP contribution is 2.55. The van der Waals surface area contributed by atoms with E-state index in [0.717, 1.165) is 22.7 Å². The van der Waals surface area contributed by atoms with Gasteiger partial charge in [0, 0.05) is 73.3 Å². The predicted molar refractivity (Wildman–Crippen MR) is 366 cm³/mol. The third-order valence-electron chi connectivity index (χ3n) is 17.6. The Morgan fingerprint density at radius 2 is 0.619 bits per heavy atom. The molecule has 0 atom stereocenters. The van der Waals surface area contributed by atoms with Gasteiger partial charge in [0.1, 0.15) is 0 Å². The van der Waals surface area contributed by atoms with E-state index in [-0.39, 0.29) is 0 Å². The van der Waals surface area contributed by atoms with Crippen molar-refractivity contribution in [1.29, 1.82) is 0 Å². The molecular formula is C80H56N2S2.